The van der Waals surface area contributed by atoms with Gasteiger partial charge in [0.1, 0.15) is 4.83 Å². The molecule has 0 saturated carbocycles. The third-order valence-corrected chi connectivity index (χ3v) is 5.77. The van der Waals surface area contributed by atoms with Crippen LogP contribution in [0.3, 0.4) is 0 Å². The van der Waals surface area contributed by atoms with E-state index in [2.05, 4.69) is 4.98 Å². The van der Waals surface area contributed by atoms with Crippen molar-refractivity contribution in [2.75, 3.05) is 0 Å². The standard InChI is InChI=1S/C20H14Cl2N2OS/c1-12-17(14-4-8-16(22)9-5-14)18-19(26-12)23-11-24(20(18)25)10-13-2-6-15(21)7-3-13/h2-9,11H,10H2,1H3. The molecule has 4 rings (SSSR count). The molecule has 0 fully saturated rings. The summed E-state index contributed by atoms with van der Waals surface area (Å²) in [7, 11) is 0. The van der Waals surface area contributed by atoms with Gasteiger partial charge in [0.25, 0.3) is 5.56 Å². The van der Waals surface area contributed by atoms with Crippen molar-refractivity contribution in [3.05, 3.63) is 85.7 Å². The van der Waals surface area contributed by atoms with Crippen LogP contribution in [0, 0.1) is 6.92 Å². The topological polar surface area (TPSA) is 34.9 Å². The largest absolute Gasteiger partial charge is 0.294 e. The Morgan fingerprint density at radius 2 is 1.62 bits per heavy atom. The van der Waals surface area contributed by atoms with Gasteiger partial charge in [-0.15, -0.1) is 11.3 Å². The van der Waals surface area contributed by atoms with E-state index in [1.807, 2.05) is 55.5 Å². The van der Waals surface area contributed by atoms with Crippen molar-refractivity contribution in [1.29, 1.82) is 0 Å². The van der Waals surface area contributed by atoms with Crippen LogP contribution in [0.25, 0.3) is 21.3 Å². The Morgan fingerprint density at radius 3 is 2.27 bits per heavy atom. The third kappa shape index (κ3) is 3.16. The molecule has 0 aliphatic heterocycles. The van der Waals surface area contributed by atoms with Crippen LogP contribution in [0.5, 0.6) is 0 Å². The zero-order valence-electron chi connectivity index (χ0n) is 13.9. The van der Waals surface area contributed by atoms with Gasteiger partial charge in [0, 0.05) is 20.5 Å². The number of fused-ring (bicyclic) bond motifs is 1. The second-order valence-corrected chi connectivity index (χ2v) is 8.10. The number of aryl methyl sites for hydroxylation is 1. The minimum Gasteiger partial charge on any atom is -0.294 e. The highest BCUT2D eigenvalue weighted by Gasteiger charge is 2.17. The van der Waals surface area contributed by atoms with Crippen LogP contribution in [0.2, 0.25) is 10.0 Å². The predicted molar refractivity (Wildman–Crippen MR) is 110 cm³/mol. The zero-order valence-corrected chi connectivity index (χ0v) is 16.2. The van der Waals surface area contributed by atoms with Gasteiger partial charge < -0.3 is 0 Å². The molecule has 0 N–H and O–H groups in total. The Kier molecular flexibility index (Phi) is 4.57. The van der Waals surface area contributed by atoms with Crippen LogP contribution in [0.15, 0.2) is 59.7 Å². The summed E-state index contributed by atoms with van der Waals surface area (Å²) in [6.07, 6.45) is 1.61. The van der Waals surface area contributed by atoms with Gasteiger partial charge in [-0.25, -0.2) is 4.98 Å². The van der Waals surface area contributed by atoms with E-state index < -0.39 is 0 Å². The molecule has 0 amide bonds. The monoisotopic (exact) mass is 400 g/mol. The van der Waals surface area contributed by atoms with Crippen molar-refractivity contribution in [2.45, 2.75) is 13.5 Å². The lowest BCUT2D eigenvalue weighted by molar-refractivity contribution is 0.749. The SMILES string of the molecule is Cc1sc2ncn(Cc3ccc(Cl)cc3)c(=O)c2c1-c1ccc(Cl)cc1. The van der Waals surface area contributed by atoms with Crippen molar-refractivity contribution in [1.82, 2.24) is 9.55 Å². The minimum absolute atomic E-state index is 0.0424. The molecule has 4 aromatic rings. The van der Waals surface area contributed by atoms with Gasteiger partial charge >= 0.3 is 0 Å². The molecule has 2 aromatic carbocycles. The van der Waals surface area contributed by atoms with Crippen LogP contribution >= 0.6 is 34.5 Å². The van der Waals surface area contributed by atoms with Gasteiger partial charge in [0.15, 0.2) is 0 Å². The maximum absolute atomic E-state index is 13.2. The highest BCUT2D eigenvalue weighted by molar-refractivity contribution is 7.19. The van der Waals surface area contributed by atoms with E-state index in [1.54, 1.807) is 10.9 Å². The maximum atomic E-state index is 13.2. The van der Waals surface area contributed by atoms with Crippen LogP contribution in [-0.4, -0.2) is 9.55 Å². The molecule has 0 aliphatic rings. The number of nitrogens with zero attached hydrogens (tertiary/aromatic N) is 2. The highest BCUT2D eigenvalue weighted by Crippen LogP contribution is 2.35. The molecular formula is C20H14Cl2N2OS. The quantitative estimate of drug-likeness (QED) is 0.436. The molecule has 0 atom stereocenters. The molecule has 6 heteroatoms. The zero-order chi connectivity index (χ0) is 18.3. The van der Waals surface area contributed by atoms with Crippen LogP contribution in [0.1, 0.15) is 10.4 Å². The summed E-state index contributed by atoms with van der Waals surface area (Å²) in [5.74, 6) is 0. The Labute approximate surface area is 164 Å². The average molecular weight is 401 g/mol. The van der Waals surface area contributed by atoms with Crippen LogP contribution in [-0.2, 0) is 6.54 Å². The lowest BCUT2D eigenvalue weighted by Crippen LogP contribution is -2.21. The fourth-order valence-corrected chi connectivity index (χ4v) is 4.26. The predicted octanol–water partition coefficient (Wildman–Crippen LogP) is 5.79. The second kappa shape index (κ2) is 6.88. The number of hydrogen-bond donors (Lipinski definition) is 0. The molecule has 26 heavy (non-hydrogen) atoms. The van der Waals surface area contributed by atoms with Gasteiger partial charge in [0.2, 0.25) is 0 Å². The molecule has 0 radical (unpaired) electrons. The van der Waals surface area contributed by atoms with Gasteiger partial charge in [-0.1, -0.05) is 47.5 Å². The summed E-state index contributed by atoms with van der Waals surface area (Å²) >= 11 is 13.5. The lowest BCUT2D eigenvalue weighted by Gasteiger charge is -2.07. The molecule has 2 aromatic heterocycles. The van der Waals surface area contributed by atoms with E-state index in [0.29, 0.717) is 22.0 Å². The molecule has 0 spiro atoms. The van der Waals surface area contributed by atoms with Gasteiger partial charge in [-0.05, 0) is 42.3 Å². The van der Waals surface area contributed by atoms with Crippen molar-refractivity contribution in [3.8, 4) is 11.1 Å². The molecule has 3 nitrogen and oxygen atoms in total. The minimum atomic E-state index is -0.0424. The van der Waals surface area contributed by atoms with E-state index in [-0.39, 0.29) is 5.56 Å². The lowest BCUT2D eigenvalue weighted by atomic mass is 10.0. The first-order valence-electron chi connectivity index (χ1n) is 8.02. The Morgan fingerprint density at radius 1 is 1.00 bits per heavy atom. The average Bonchev–Trinajstić information content (AvgIpc) is 2.97. The number of halogens is 2. The number of aromatic nitrogens is 2. The fourth-order valence-electron chi connectivity index (χ4n) is 3.00. The van der Waals surface area contributed by atoms with Crippen LogP contribution < -0.4 is 5.56 Å². The second-order valence-electron chi connectivity index (χ2n) is 6.02. The Balaban J connectivity index is 1.86. The number of hydrogen-bond acceptors (Lipinski definition) is 3. The Bertz CT molecular complexity index is 1150. The molecule has 130 valence electrons. The van der Waals surface area contributed by atoms with E-state index in [0.717, 1.165) is 26.4 Å². The third-order valence-electron chi connectivity index (χ3n) is 4.25. The van der Waals surface area contributed by atoms with Crippen molar-refractivity contribution in [3.63, 3.8) is 0 Å². The summed E-state index contributed by atoms with van der Waals surface area (Å²) in [4.78, 5) is 19.5. The van der Waals surface area contributed by atoms with Gasteiger partial charge in [-0.3, -0.25) is 9.36 Å². The molecule has 0 aliphatic carbocycles. The van der Waals surface area contributed by atoms with Crippen molar-refractivity contribution >= 4 is 44.8 Å². The Hall–Kier alpha value is -2.14. The molecule has 0 saturated heterocycles. The molecular weight excluding hydrogens is 387 g/mol. The van der Waals surface area contributed by atoms with E-state index in [9.17, 15) is 4.79 Å². The normalized spacial score (nSPS) is 11.2. The summed E-state index contributed by atoms with van der Waals surface area (Å²) in [6, 6.07) is 15.0. The van der Waals surface area contributed by atoms with E-state index in [4.69, 9.17) is 23.2 Å². The smallest absolute Gasteiger partial charge is 0.263 e. The molecule has 0 bridgehead atoms. The molecule has 2 heterocycles. The fraction of sp³-hybridized carbons (Fsp3) is 0.100. The first kappa shape index (κ1) is 17.3. The first-order chi connectivity index (χ1) is 12.5. The summed E-state index contributed by atoms with van der Waals surface area (Å²) in [6.45, 7) is 2.47. The van der Waals surface area contributed by atoms with Crippen molar-refractivity contribution < 1.29 is 0 Å². The van der Waals surface area contributed by atoms with Crippen molar-refractivity contribution in [2.24, 2.45) is 0 Å². The number of benzene rings is 2. The summed E-state index contributed by atoms with van der Waals surface area (Å²) in [5.41, 5.74) is 2.86. The number of thiophene rings is 1. The summed E-state index contributed by atoms with van der Waals surface area (Å²) in [5, 5.41) is 2.00. The summed E-state index contributed by atoms with van der Waals surface area (Å²) < 4.78 is 1.64. The molecule has 0 unspecified atom stereocenters. The highest BCUT2D eigenvalue weighted by atomic mass is 35.5. The first-order valence-corrected chi connectivity index (χ1v) is 9.59. The van der Waals surface area contributed by atoms with E-state index in [1.165, 1.54) is 11.3 Å². The van der Waals surface area contributed by atoms with Gasteiger partial charge in [-0.2, -0.15) is 0 Å². The van der Waals surface area contributed by atoms with Gasteiger partial charge in [0.05, 0.1) is 18.3 Å². The maximum Gasteiger partial charge on any atom is 0.263 e. The van der Waals surface area contributed by atoms with E-state index >= 15 is 0 Å². The van der Waals surface area contributed by atoms with Crippen LogP contribution in [0.4, 0.5) is 0 Å². The number of rotatable bonds is 3.